The number of alkyl halides is 3. The molecule has 0 aliphatic heterocycles. The molecule has 0 fully saturated rings. The largest absolute Gasteiger partial charge is 0.497 e. The predicted molar refractivity (Wildman–Crippen MR) is 71.7 cm³/mol. The molecule has 0 saturated carbocycles. The fourth-order valence-electron chi connectivity index (χ4n) is 1.78. The van der Waals surface area contributed by atoms with E-state index in [0.29, 0.717) is 26.0 Å². The van der Waals surface area contributed by atoms with E-state index in [9.17, 15) is 13.2 Å². The maximum absolute atomic E-state index is 12.5. The summed E-state index contributed by atoms with van der Waals surface area (Å²) in [6.45, 7) is -1.04. The lowest BCUT2D eigenvalue weighted by molar-refractivity contribution is -0.140. The third-order valence-corrected chi connectivity index (χ3v) is 3.44. The van der Waals surface area contributed by atoms with Gasteiger partial charge in [0.15, 0.2) is 0 Å². The Morgan fingerprint density at radius 1 is 1.33 bits per heavy atom. The van der Waals surface area contributed by atoms with Crippen molar-refractivity contribution in [2.24, 2.45) is 0 Å². The van der Waals surface area contributed by atoms with Crippen LogP contribution in [-0.4, -0.2) is 17.9 Å². The second-order valence-electron chi connectivity index (χ2n) is 3.82. The Balaban J connectivity index is 2.65. The number of ether oxygens (including phenoxy) is 1. The molecule has 0 aliphatic carbocycles. The molecule has 7 heteroatoms. The molecule has 2 aromatic rings. The Morgan fingerprint density at radius 3 is 2.56 bits per heavy atom. The first-order chi connectivity index (χ1) is 8.31. The highest BCUT2D eigenvalue weighted by molar-refractivity contribution is 14.1. The number of hydrogen-bond donors (Lipinski definition) is 1. The minimum atomic E-state index is -4.27. The van der Waals surface area contributed by atoms with Gasteiger partial charge in [-0.1, -0.05) is 0 Å². The Labute approximate surface area is 115 Å². The Morgan fingerprint density at radius 2 is 2.00 bits per heavy atom. The van der Waals surface area contributed by atoms with Crippen molar-refractivity contribution in [2.45, 2.75) is 12.7 Å². The summed E-state index contributed by atoms with van der Waals surface area (Å²) in [4.78, 5) is 0. The van der Waals surface area contributed by atoms with Gasteiger partial charge in [0.25, 0.3) is 0 Å². The van der Waals surface area contributed by atoms with Crippen molar-refractivity contribution < 1.29 is 17.9 Å². The highest BCUT2D eigenvalue weighted by atomic mass is 127. The van der Waals surface area contributed by atoms with E-state index in [1.807, 2.05) is 22.6 Å². The SMILES string of the molecule is COc1cc(N)c2cc(I)n(CC(F)(F)F)c2c1. The lowest BCUT2D eigenvalue weighted by Gasteiger charge is -2.11. The number of benzene rings is 1. The highest BCUT2D eigenvalue weighted by Crippen LogP contribution is 2.32. The van der Waals surface area contributed by atoms with E-state index >= 15 is 0 Å². The number of hydrogen-bond acceptors (Lipinski definition) is 2. The Hall–Kier alpha value is -1.12. The molecular formula is C11H10F3IN2O. The highest BCUT2D eigenvalue weighted by Gasteiger charge is 2.29. The normalized spacial score (nSPS) is 12.1. The molecule has 0 aliphatic rings. The lowest BCUT2D eigenvalue weighted by Crippen LogP contribution is -2.18. The van der Waals surface area contributed by atoms with E-state index in [0.717, 1.165) is 0 Å². The number of nitrogen functional groups attached to an aromatic ring is 1. The minimum absolute atomic E-state index is 0.406. The zero-order valence-electron chi connectivity index (χ0n) is 9.38. The van der Waals surface area contributed by atoms with Crippen LogP contribution >= 0.6 is 22.6 Å². The van der Waals surface area contributed by atoms with Crippen molar-refractivity contribution in [3.63, 3.8) is 0 Å². The van der Waals surface area contributed by atoms with E-state index in [4.69, 9.17) is 10.5 Å². The molecule has 1 aromatic heterocycles. The molecule has 0 unspecified atom stereocenters. The van der Waals surface area contributed by atoms with Crippen LogP contribution in [0, 0.1) is 3.70 Å². The predicted octanol–water partition coefficient (Wildman–Crippen LogP) is 3.40. The lowest BCUT2D eigenvalue weighted by atomic mass is 10.2. The zero-order valence-corrected chi connectivity index (χ0v) is 11.5. The van der Waals surface area contributed by atoms with Gasteiger partial charge in [0.1, 0.15) is 12.3 Å². The van der Waals surface area contributed by atoms with Crippen molar-refractivity contribution in [1.29, 1.82) is 0 Å². The van der Waals surface area contributed by atoms with Crippen LogP contribution < -0.4 is 10.5 Å². The van der Waals surface area contributed by atoms with E-state index in [1.165, 1.54) is 11.7 Å². The van der Waals surface area contributed by atoms with Crippen LogP contribution in [0.25, 0.3) is 10.9 Å². The molecule has 98 valence electrons. The van der Waals surface area contributed by atoms with Gasteiger partial charge >= 0.3 is 6.18 Å². The quantitative estimate of drug-likeness (QED) is 0.650. The number of halogens is 4. The summed E-state index contributed by atoms with van der Waals surface area (Å²) in [5.41, 5.74) is 6.63. The number of anilines is 1. The molecule has 3 nitrogen and oxygen atoms in total. The number of nitrogens with two attached hydrogens (primary N) is 1. The number of methoxy groups -OCH3 is 1. The summed E-state index contributed by atoms with van der Waals surface area (Å²) in [5.74, 6) is 0.443. The first kappa shape index (κ1) is 13.3. The van der Waals surface area contributed by atoms with Crippen molar-refractivity contribution >= 4 is 39.2 Å². The zero-order chi connectivity index (χ0) is 13.5. The first-order valence-electron chi connectivity index (χ1n) is 5.01. The van der Waals surface area contributed by atoms with E-state index < -0.39 is 12.7 Å². The van der Waals surface area contributed by atoms with Gasteiger partial charge in [-0.05, 0) is 28.7 Å². The van der Waals surface area contributed by atoms with Gasteiger partial charge in [-0.25, -0.2) is 0 Å². The van der Waals surface area contributed by atoms with Gasteiger partial charge in [-0.2, -0.15) is 13.2 Å². The standard InChI is InChI=1S/C11H10F3IN2O/c1-18-6-2-8(16)7-4-10(15)17(9(7)3-6)5-11(12,13)14/h2-4H,5,16H2,1H3. The van der Waals surface area contributed by atoms with Crippen LogP contribution in [0.3, 0.4) is 0 Å². The summed E-state index contributed by atoms with van der Waals surface area (Å²) >= 11 is 1.86. The molecule has 1 heterocycles. The van der Waals surface area contributed by atoms with Gasteiger partial charge in [0.2, 0.25) is 0 Å². The van der Waals surface area contributed by atoms with Crippen LogP contribution in [0.2, 0.25) is 0 Å². The van der Waals surface area contributed by atoms with Crippen molar-refractivity contribution in [3.05, 3.63) is 21.9 Å². The van der Waals surface area contributed by atoms with Crippen molar-refractivity contribution in [1.82, 2.24) is 4.57 Å². The summed E-state index contributed by atoms with van der Waals surface area (Å²) in [5, 5.41) is 0.601. The maximum Gasteiger partial charge on any atom is 0.406 e. The third-order valence-electron chi connectivity index (χ3n) is 2.55. The number of fused-ring (bicyclic) bond motifs is 1. The van der Waals surface area contributed by atoms with Crippen LogP contribution in [-0.2, 0) is 6.54 Å². The Bertz CT molecular complexity index is 592. The molecule has 0 saturated heterocycles. The van der Waals surface area contributed by atoms with Crippen molar-refractivity contribution in [2.75, 3.05) is 12.8 Å². The summed E-state index contributed by atoms with van der Waals surface area (Å²) in [6, 6.07) is 4.78. The smallest absolute Gasteiger partial charge is 0.406 e. The third kappa shape index (κ3) is 2.50. The van der Waals surface area contributed by atoms with Gasteiger partial charge < -0.3 is 15.0 Å². The van der Waals surface area contributed by atoms with E-state index in [-0.39, 0.29) is 0 Å². The Kier molecular flexibility index (Phi) is 3.35. The second-order valence-corrected chi connectivity index (χ2v) is 4.92. The maximum atomic E-state index is 12.5. The van der Waals surface area contributed by atoms with Crippen LogP contribution in [0.5, 0.6) is 5.75 Å². The van der Waals surface area contributed by atoms with Crippen molar-refractivity contribution in [3.8, 4) is 5.75 Å². The minimum Gasteiger partial charge on any atom is -0.497 e. The topological polar surface area (TPSA) is 40.2 Å². The number of rotatable bonds is 2. The van der Waals surface area contributed by atoms with E-state index in [2.05, 4.69) is 0 Å². The summed E-state index contributed by atoms with van der Waals surface area (Å²) < 4.78 is 44.3. The first-order valence-corrected chi connectivity index (χ1v) is 6.08. The molecule has 0 radical (unpaired) electrons. The summed E-state index contributed by atoms with van der Waals surface area (Å²) in [6.07, 6.45) is -4.27. The molecule has 1 aromatic carbocycles. The molecule has 0 bridgehead atoms. The fourth-order valence-corrected chi connectivity index (χ4v) is 2.53. The van der Waals surface area contributed by atoms with Crippen LogP contribution in [0.15, 0.2) is 18.2 Å². The van der Waals surface area contributed by atoms with Gasteiger partial charge in [0, 0.05) is 23.2 Å². The monoisotopic (exact) mass is 370 g/mol. The average Bonchev–Trinajstić information content (AvgIpc) is 2.55. The molecule has 2 rings (SSSR count). The van der Waals surface area contributed by atoms with Crippen LogP contribution in [0.4, 0.5) is 18.9 Å². The van der Waals surface area contributed by atoms with Crippen LogP contribution in [0.1, 0.15) is 0 Å². The average molecular weight is 370 g/mol. The molecular weight excluding hydrogens is 360 g/mol. The molecule has 0 atom stereocenters. The molecule has 18 heavy (non-hydrogen) atoms. The second kappa shape index (κ2) is 4.52. The molecule has 0 spiro atoms. The fraction of sp³-hybridized carbons (Fsp3) is 0.273. The number of aromatic nitrogens is 1. The number of nitrogens with zero attached hydrogens (tertiary/aromatic N) is 1. The van der Waals surface area contributed by atoms with Gasteiger partial charge in [0.05, 0.1) is 16.3 Å². The van der Waals surface area contributed by atoms with E-state index in [1.54, 1.807) is 18.2 Å². The summed E-state index contributed by atoms with van der Waals surface area (Å²) in [7, 11) is 1.45. The molecule has 2 N–H and O–H groups in total. The van der Waals surface area contributed by atoms with Gasteiger partial charge in [-0.3, -0.25) is 0 Å². The molecule has 0 amide bonds. The van der Waals surface area contributed by atoms with Gasteiger partial charge in [-0.15, -0.1) is 0 Å².